The van der Waals surface area contributed by atoms with Crippen LogP contribution in [0.15, 0.2) is 66.7 Å². The molecule has 32 heavy (non-hydrogen) atoms. The Morgan fingerprint density at radius 3 is 2.56 bits per heavy atom. The minimum atomic E-state index is 0.564. The highest BCUT2D eigenvalue weighted by Crippen LogP contribution is 2.28. The first-order chi connectivity index (χ1) is 15.8. The number of benzene rings is 2. The SMILES string of the molecule is Cc1cc(OCc2ccccc2)ccc1Nc1cccc(OCCCC2CCCCC2)n1. The van der Waals surface area contributed by atoms with Crippen LogP contribution in [0.25, 0.3) is 0 Å². The maximum absolute atomic E-state index is 5.93. The van der Waals surface area contributed by atoms with Gasteiger partial charge >= 0.3 is 0 Å². The number of hydrogen-bond acceptors (Lipinski definition) is 4. The largest absolute Gasteiger partial charge is 0.489 e. The van der Waals surface area contributed by atoms with Gasteiger partial charge in [-0.05, 0) is 61.1 Å². The second-order valence-electron chi connectivity index (χ2n) is 8.73. The molecule has 0 amide bonds. The monoisotopic (exact) mass is 430 g/mol. The number of anilines is 2. The second-order valence-corrected chi connectivity index (χ2v) is 8.73. The number of ether oxygens (including phenoxy) is 2. The zero-order valence-electron chi connectivity index (χ0n) is 19.1. The van der Waals surface area contributed by atoms with Gasteiger partial charge in [0.1, 0.15) is 18.2 Å². The van der Waals surface area contributed by atoms with Gasteiger partial charge in [-0.3, -0.25) is 0 Å². The molecule has 0 radical (unpaired) electrons. The van der Waals surface area contributed by atoms with Crippen LogP contribution in [0.3, 0.4) is 0 Å². The third-order valence-corrected chi connectivity index (χ3v) is 6.16. The summed E-state index contributed by atoms with van der Waals surface area (Å²) in [6, 6.07) is 22.2. The Balaban J connectivity index is 1.26. The zero-order valence-corrected chi connectivity index (χ0v) is 19.1. The van der Waals surface area contributed by atoms with Gasteiger partial charge in [0.2, 0.25) is 5.88 Å². The topological polar surface area (TPSA) is 43.4 Å². The highest BCUT2D eigenvalue weighted by molar-refractivity contribution is 5.62. The summed E-state index contributed by atoms with van der Waals surface area (Å²) in [4.78, 5) is 4.63. The first kappa shape index (κ1) is 22.2. The zero-order chi connectivity index (χ0) is 22.0. The van der Waals surface area contributed by atoms with Gasteiger partial charge < -0.3 is 14.8 Å². The molecule has 4 heteroatoms. The molecule has 0 bridgehead atoms. The van der Waals surface area contributed by atoms with Gasteiger partial charge in [-0.2, -0.15) is 4.98 Å². The van der Waals surface area contributed by atoms with Gasteiger partial charge in [0.05, 0.1) is 6.61 Å². The minimum Gasteiger partial charge on any atom is -0.489 e. The molecule has 168 valence electrons. The molecule has 0 atom stereocenters. The molecule has 0 saturated heterocycles. The van der Waals surface area contributed by atoms with Gasteiger partial charge in [0, 0.05) is 11.8 Å². The Morgan fingerprint density at radius 1 is 0.906 bits per heavy atom. The third kappa shape index (κ3) is 6.74. The van der Waals surface area contributed by atoms with E-state index < -0.39 is 0 Å². The predicted octanol–water partition coefficient (Wildman–Crippen LogP) is 7.45. The molecule has 2 aromatic carbocycles. The lowest BCUT2D eigenvalue weighted by Gasteiger charge is -2.21. The molecule has 0 aliphatic heterocycles. The number of aromatic nitrogens is 1. The predicted molar refractivity (Wildman–Crippen MR) is 131 cm³/mol. The molecule has 1 aliphatic rings. The van der Waals surface area contributed by atoms with Crippen molar-refractivity contribution in [3.05, 3.63) is 77.9 Å². The summed E-state index contributed by atoms with van der Waals surface area (Å²) in [5.41, 5.74) is 3.28. The van der Waals surface area contributed by atoms with E-state index in [1.165, 1.54) is 38.5 Å². The van der Waals surface area contributed by atoms with Gasteiger partial charge in [-0.15, -0.1) is 0 Å². The van der Waals surface area contributed by atoms with E-state index >= 15 is 0 Å². The first-order valence-corrected chi connectivity index (χ1v) is 11.9. The fourth-order valence-corrected chi connectivity index (χ4v) is 4.33. The minimum absolute atomic E-state index is 0.564. The van der Waals surface area contributed by atoms with Crippen molar-refractivity contribution in [2.45, 2.75) is 58.5 Å². The number of aryl methyl sites for hydroxylation is 1. The number of nitrogens with one attached hydrogen (secondary N) is 1. The molecule has 1 saturated carbocycles. The van der Waals surface area contributed by atoms with Crippen LogP contribution in [0.5, 0.6) is 11.6 Å². The van der Waals surface area contributed by atoms with Crippen molar-refractivity contribution in [3.8, 4) is 11.6 Å². The van der Waals surface area contributed by atoms with Gasteiger partial charge in [-0.1, -0.05) is 68.5 Å². The molecule has 0 unspecified atom stereocenters. The Hall–Kier alpha value is -3.01. The summed E-state index contributed by atoms with van der Waals surface area (Å²) in [6.45, 7) is 3.37. The molecule has 0 spiro atoms. The van der Waals surface area contributed by atoms with E-state index in [9.17, 15) is 0 Å². The highest BCUT2D eigenvalue weighted by atomic mass is 16.5. The lowest BCUT2D eigenvalue weighted by Crippen LogP contribution is -2.08. The molecule has 4 rings (SSSR count). The standard InChI is InChI=1S/C28H34N2O2/c1-22-20-25(32-21-24-12-6-3-7-13-24)17-18-26(22)29-27-15-8-16-28(30-27)31-19-9-14-23-10-4-2-5-11-23/h3,6-8,12-13,15-18,20,23H,2,4-5,9-11,14,19,21H2,1H3,(H,29,30). The van der Waals surface area contributed by atoms with Crippen LogP contribution in [0.1, 0.15) is 56.1 Å². The van der Waals surface area contributed by atoms with E-state index in [2.05, 4.69) is 35.4 Å². The van der Waals surface area contributed by atoms with Gasteiger partial charge in [0.25, 0.3) is 0 Å². The number of pyridine rings is 1. The maximum Gasteiger partial charge on any atom is 0.215 e. The molecule has 4 nitrogen and oxygen atoms in total. The fraction of sp³-hybridized carbons (Fsp3) is 0.393. The first-order valence-electron chi connectivity index (χ1n) is 11.9. The van der Waals surface area contributed by atoms with E-state index in [1.54, 1.807) is 0 Å². The average Bonchev–Trinajstić information content (AvgIpc) is 2.84. The molecule has 3 aromatic rings. The van der Waals surface area contributed by atoms with E-state index in [1.807, 2.05) is 48.5 Å². The lowest BCUT2D eigenvalue weighted by atomic mass is 9.86. The van der Waals surface area contributed by atoms with Crippen LogP contribution in [0.4, 0.5) is 11.5 Å². The quantitative estimate of drug-likeness (QED) is 0.339. The molecule has 1 fully saturated rings. The van der Waals surface area contributed by atoms with E-state index in [-0.39, 0.29) is 0 Å². The molecular formula is C28H34N2O2. The van der Waals surface area contributed by atoms with Crippen LogP contribution < -0.4 is 14.8 Å². The van der Waals surface area contributed by atoms with Crippen molar-refractivity contribution in [3.63, 3.8) is 0 Å². The summed E-state index contributed by atoms with van der Waals surface area (Å²) < 4.78 is 11.9. The Labute approximate surface area is 192 Å². The van der Waals surface area contributed by atoms with Crippen LogP contribution in [-0.2, 0) is 6.61 Å². The van der Waals surface area contributed by atoms with E-state index in [4.69, 9.17) is 9.47 Å². The number of hydrogen-bond donors (Lipinski definition) is 1. The summed E-state index contributed by atoms with van der Waals surface area (Å²) in [7, 11) is 0. The van der Waals surface area contributed by atoms with E-state index in [0.717, 1.165) is 47.3 Å². The highest BCUT2D eigenvalue weighted by Gasteiger charge is 2.12. The van der Waals surface area contributed by atoms with Crippen molar-refractivity contribution in [2.24, 2.45) is 5.92 Å². The van der Waals surface area contributed by atoms with Crippen LogP contribution in [0.2, 0.25) is 0 Å². The second kappa shape index (κ2) is 11.6. The number of rotatable bonds is 10. The smallest absolute Gasteiger partial charge is 0.215 e. The molecular weight excluding hydrogens is 396 g/mol. The molecule has 1 N–H and O–H groups in total. The average molecular weight is 431 g/mol. The van der Waals surface area contributed by atoms with Crippen molar-refractivity contribution in [1.29, 1.82) is 0 Å². The normalized spacial score (nSPS) is 14.2. The van der Waals surface area contributed by atoms with Crippen LogP contribution in [-0.4, -0.2) is 11.6 Å². The van der Waals surface area contributed by atoms with Crippen LogP contribution >= 0.6 is 0 Å². The molecule has 1 heterocycles. The summed E-state index contributed by atoms with van der Waals surface area (Å²) in [6.07, 6.45) is 9.39. The molecule has 1 aromatic heterocycles. The maximum atomic E-state index is 5.93. The van der Waals surface area contributed by atoms with Crippen LogP contribution in [0, 0.1) is 12.8 Å². The number of nitrogens with zero attached hydrogens (tertiary/aromatic N) is 1. The Morgan fingerprint density at radius 2 is 1.75 bits per heavy atom. The van der Waals surface area contributed by atoms with Crippen molar-refractivity contribution in [1.82, 2.24) is 4.98 Å². The fourth-order valence-electron chi connectivity index (χ4n) is 4.33. The summed E-state index contributed by atoms with van der Waals surface area (Å²) in [5, 5.41) is 3.41. The van der Waals surface area contributed by atoms with Gasteiger partial charge in [-0.25, -0.2) is 0 Å². The van der Waals surface area contributed by atoms with Gasteiger partial charge in [0.15, 0.2) is 0 Å². The van der Waals surface area contributed by atoms with Crippen molar-refractivity contribution in [2.75, 3.05) is 11.9 Å². The Kier molecular flexibility index (Phi) is 8.02. The summed E-state index contributed by atoms with van der Waals surface area (Å²) in [5.74, 6) is 3.23. The third-order valence-electron chi connectivity index (χ3n) is 6.16. The lowest BCUT2D eigenvalue weighted by molar-refractivity contribution is 0.263. The van der Waals surface area contributed by atoms with E-state index in [0.29, 0.717) is 12.5 Å². The van der Waals surface area contributed by atoms with Crippen molar-refractivity contribution >= 4 is 11.5 Å². The Bertz CT molecular complexity index is 968. The summed E-state index contributed by atoms with van der Waals surface area (Å²) >= 11 is 0. The van der Waals surface area contributed by atoms with Crippen molar-refractivity contribution < 1.29 is 9.47 Å². The molecule has 1 aliphatic carbocycles.